The summed E-state index contributed by atoms with van der Waals surface area (Å²) in [6, 6.07) is 16.7. The number of cyclic esters (lactones) is 2. The summed E-state index contributed by atoms with van der Waals surface area (Å²) in [5.74, 6) is -2.03. The maximum absolute atomic E-state index is 11.9. The van der Waals surface area contributed by atoms with Gasteiger partial charge in [0.2, 0.25) is 0 Å². The molecule has 5 nitrogen and oxygen atoms in total. The number of carbonyl (C=O) groups is 2. The molecule has 3 rings (SSSR count). The minimum atomic E-state index is -1.21. The van der Waals surface area contributed by atoms with Gasteiger partial charge in [-0.3, -0.25) is 9.59 Å². The molecule has 0 aliphatic carbocycles. The third-order valence-electron chi connectivity index (χ3n) is 3.54. The van der Waals surface area contributed by atoms with Crippen molar-refractivity contribution in [1.82, 2.24) is 0 Å². The van der Waals surface area contributed by atoms with Crippen molar-refractivity contribution in [2.24, 2.45) is 5.92 Å². The minimum absolute atomic E-state index is 0.610. The van der Waals surface area contributed by atoms with Gasteiger partial charge >= 0.3 is 11.9 Å². The molecule has 2 aromatic carbocycles. The van der Waals surface area contributed by atoms with Gasteiger partial charge in [-0.15, -0.1) is 0 Å². The van der Waals surface area contributed by atoms with Crippen molar-refractivity contribution in [2.75, 3.05) is 0 Å². The molecule has 1 aliphatic heterocycles. The number of rotatable bonds is 4. The lowest BCUT2D eigenvalue weighted by atomic mass is 10.1. The fourth-order valence-electron chi connectivity index (χ4n) is 2.36. The highest BCUT2D eigenvalue weighted by molar-refractivity contribution is 5.99. The average Bonchev–Trinajstić information content (AvgIpc) is 2.55. The summed E-state index contributed by atoms with van der Waals surface area (Å²) < 4.78 is 15.9. The number of hydrogen-bond acceptors (Lipinski definition) is 5. The standard InChI is InChI=1S/C20H18O5/c1-20(2)24-18(21)17(19(22)25-20)13-10-14-8-11-16(12-9-14)23-15-6-4-3-5-7-15/h3-13,17H,1-2H3/b13-10+. The van der Waals surface area contributed by atoms with Crippen LogP contribution in [0.1, 0.15) is 19.4 Å². The predicted molar refractivity (Wildman–Crippen MR) is 91.7 cm³/mol. The van der Waals surface area contributed by atoms with Crippen LogP contribution in [-0.4, -0.2) is 17.7 Å². The second-order valence-electron chi connectivity index (χ2n) is 6.06. The molecule has 1 saturated heterocycles. The molecule has 1 fully saturated rings. The summed E-state index contributed by atoms with van der Waals surface area (Å²) in [5.41, 5.74) is 0.825. The van der Waals surface area contributed by atoms with Crippen molar-refractivity contribution in [3.8, 4) is 11.5 Å². The highest BCUT2D eigenvalue weighted by Gasteiger charge is 2.41. The zero-order chi connectivity index (χ0) is 17.9. The Hall–Kier alpha value is -3.08. The van der Waals surface area contributed by atoms with Crippen LogP contribution in [0.3, 0.4) is 0 Å². The van der Waals surface area contributed by atoms with E-state index >= 15 is 0 Å². The van der Waals surface area contributed by atoms with Gasteiger partial charge in [0.05, 0.1) is 0 Å². The molecule has 0 bridgehead atoms. The van der Waals surface area contributed by atoms with Gasteiger partial charge in [-0.2, -0.15) is 0 Å². The Morgan fingerprint density at radius 3 is 2.04 bits per heavy atom. The van der Waals surface area contributed by atoms with E-state index in [1.54, 1.807) is 6.08 Å². The van der Waals surface area contributed by atoms with E-state index in [1.807, 2.05) is 54.6 Å². The van der Waals surface area contributed by atoms with Crippen molar-refractivity contribution < 1.29 is 23.8 Å². The van der Waals surface area contributed by atoms with E-state index in [1.165, 1.54) is 19.9 Å². The van der Waals surface area contributed by atoms with Crippen molar-refractivity contribution in [1.29, 1.82) is 0 Å². The van der Waals surface area contributed by atoms with Crippen molar-refractivity contribution in [3.63, 3.8) is 0 Å². The second kappa shape index (κ2) is 6.81. The van der Waals surface area contributed by atoms with Crippen molar-refractivity contribution in [2.45, 2.75) is 19.6 Å². The number of ether oxygens (including phenoxy) is 3. The van der Waals surface area contributed by atoms with Crippen LogP contribution in [0.15, 0.2) is 60.7 Å². The van der Waals surface area contributed by atoms with Crippen molar-refractivity contribution >= 4 is 18.0 Å². The minimum Gasteiger partial charge on any atom is -0.457 e. The van der Waals surface area contributed by atoms with E-state index < -0.39 is 23.6 Å². The Morgan fingerprint density at radius 2 is 1.44 bits per heavy atom. The first-order chi connectivity index (χ1) is 11.9. The number of hydrogen-bond donors (Lipinski definition) is 0. The van der Waals surface area contributed by atoms with Gasteiger partial charge in [-0.25, -0.2) is 0 Å². The summed E-state index contributed by atoms with van der Waals surface area (Å²) in [6.07, 6.45) is 3.16. The molecule has 0 spiro atoms. The number of para-hydroxylation sites is 1. The topological polar surface area (TPSA) is 61.8 Å². The second-order valence-corrected chi connectivity index (χ2v) is 6.06. The van der Waals surface area contributed by atoms with Gasteiger partial charge in [0, 0.05) is 13.8 Å². The molecule has 0 unspecified atom stereocenters. The van der Waals surface area contributed by atoms with Crippen LogP contribution in [0.25, 0.3) is 6.08 Å². The maximum atomic E-state index is 11.9. The number of esters is 2. The fourth-order valence-corrected chi connectivity index (χ4v) is 2.36. The van der Waals surface area contributed by atoms with Gasteiger partial charge < -0.3 is 14.2 Å². The molecule has 0 amide bonds. The Labute approximate surface area is 145 Å². The summed E-state index contributed by atoms with van der Waals surface area (Å²) in [4.78, 5) is 23.8. The monoisotopic (exact) mass is 338 g/mol. The van der Waals surface area contributed by atoms with Crippen LogP contribution >= 0.6 is 0 Å². The van der Waals surface area contributed by atoms with Gasteiger partial charge in [0.15, 0.2) is 5.92 Å². The van der Waals surface area contributed by atoms with Gasteiger partial charge in [0.25, 0.3) is 5.79 Å². The molecule has 0 saturated carbocycles. The molecular weight excluding hydrogens is 320 g/mol. The molecule has 0 radical (unpaired) electrons. The molecule has 128 valence electrons. The molecule has 0 aromatic heterocycles. The SMILES string of the molecule is CC1(C)OC(=O)C(/C=C/c2ccc(Oc3ccccc3)cc2)C(=O)O1. The van der Waals surface area contributed by atoms with Crippen LogP contribution in [0, 0.1) is 5.92 Å². The molecular formula is C20H18O5. The zero-order valence-corrected chi connectivity index (χ0v) is 14.0. The molecule has 25 heavy (non-hydrogen) atoms. The Morgan fingerprint density at radius 1 is 0.880 bits per heavy atom. The lowest BCUT2D eigenvalue weighted by molar-refractivity contribution is -0.237. The van der Waals surface area contributed by atoms with E-state index in [-0.39, 0.29) is 0 Å². The van der Waals surface area contributed by atoms with Crippen LogP contribution in [0.5, 0.6) is 11.5 Å². The summed E-state index contributed by atoms with van der Waals surface area (Å²) >= 11 is 0. The maximum Gasteiger partial charge on any atom is 0.327 e. The third-order valence-corrected chi connectivity index (χ3v) is 3.54. The van der Waals surface area contributed by atoms with E-state index in [4.69, 9.17) is 14.2 Å². The first kappa shape index (κ1) is 16.8. The van der Waals surface area contributed by atoms with Gasteiger partial charge in [0.1, 0.15) is 11.5 Å². The molecule has 0 atom stereocenters. The van der Waals surface area contributed by atoms with Crippen LogP contribution in [0.4, 0.5) is 0 Å². The lowest BCUT2D eigenvalue weighted by Gasteiger charge is -2.31. The number of benzene rings is 2. The van der Waals surface area contributed by atoms with E-state index in [2.05, 4.69) is 0 Å². The molecule has 5 heteroatoms. The summed E-state index contributed by atoms with van der Waals surface area (Å²) in [5, 5.41) is 0. The lowest BCUT2D eigenvalue weighted by Crippen LogP contribution is -2.45. The van der Waals surface area contributed by atoms with Crippen LogP contribution in [0.2, 0.25) is 0 Å². The summed E-state index contributed by atoms with van der Waals surface area (Å²) in [6.45, 7) is 3.04. The van der Waals surface area contributed by atoms with Gasteiger partial charge in [-0.1, -0.05) is 42.5 Å². The van der Waals surface area contributed by atoms with E-state index in [0.29, 0.717) is 5.75 Å². The smallest absolute Gasteiger partial charge is 0.327 e. The Bertz CT molecular complexity index is 771. The predicted octanol–water partition coefficient (Wildman–Crippen LogP) is 3.94. The number of carbonyl (C=O) groups excluding carboxylic acids is 2. The van der Waals surface area contributed by atoms with Crippen molar-refractivity contribution in [3.05, 3.63) is 66.2 Å². The summed E-state index contributed by atoms with van der Waals surface area (Å²) in [7, 11) is 0. The molecule has 1 heterocycles. The fraction of sp³-hybridized carbons (Fsp3) is 0.200. The van der Waals surface area contributed by atoms with E-state index in [0.717, 1.165) is 11.3 Å². The van der Waals surface area contributed by atoms with Crippen LogP contribution in [-0.2, 0) is 19.1 Å². The first-order valence-corrected chi connectivity index (χ1v) is 7.90. The molecule has 0 N–H and O–H groups in total. The zero-order valence-electron chi connectivity index (χ0n) is 14.0. The molecule has 1 aliphatic rings. The van der Waals surface area contributed by atoms with Gasteiger partial charge in [-0.05, 0) is 29.8 Å². The Balaban J connectivity index is 1.66. The highest BCUT2D eigenvalue weighted by atomic mass is 16.7. The van der Waals surface area contributed by atoms with Crippen LogP contribution < -0.4 is 4.74 Å². The largest absolute Gasteiger partial charge is 0.457 e. The molecule has 2 aromatic rings. The quantitative estimate of drug-likeness (QED) is 0.624. The van der Waals surface area contributed by atoms with E-state index in [9.17, 15) is 9.59 Å². The third kappa shape index (κ3) is 4.26. The average molecular weight is 338 g/mol. The normalized spacial score (nSPS) is 17.2. The Kier molecular flexibility index (Phi) is 4.57. The highest BCUT2D eigenvalue weighted by Crippen LogP contribution is 2.25. The first-order valence-electron chi connectivity index (χ1n) is 7.90.